The van der Waals surface area contributed by atoms with Crippen molar-refractivity contribution >= 4 is 23.9 Å². The molecule has 0 aliphatic carbocycles. The molecule has 0 radical (unpaired) electrons. The lowest BCUT2D eigenvalue weighted by atomic mass is 10.2. The molecule has 3 N–H and O–H groups in total. The summed E-state index contributed by atoms with van der Waals surface area (Å²) in [6.45, 7) is 2.05. The van der Waals surface area contributed by atoms with Gasteiger partial charge in [-0.1, -0.05) is 59.8 Å². The van der Waals surface area contributed by atoms with Gasteiger partial charge in [0.25, 0.3) is 5.95 Å². The Morgan fingerprint density at radius 2 is 2.08 bits per heavy atom. The number of rotatable bonds is 6. The molecule has 3 rings (SSSR count). The highest BCUT2D eigenvalue weighted by atomic mass is 32.2. The molecule has 8 heteroatoms. The van der Waals surface area contributed by atoms with Crippen LogP contribution in [0.15, 0.2) is 58.8 Å². The number of aromatic nitrogens is 3. The summed E-state index contributed by atoms with van der Waals surface area (Å²) in [4.78, 5) is 0. The number of nitrogens with zero attached hydrogens (tertiary/aromatic N) is 4. The predicted molar refractivity (Wildman–Crippen MR) is 98.5 cm³/mol. The Bertz CT molecular complexity index is 892. The van der Waals surface area contributed by atoms with Crippen LogP contribution in [0.4, 0.5) is 10.3 Å². The second-order valence-corrected chi connectivity index (χ2v) is 6.29. The van der Waals surface area contributed by atoms with Crippen LogP contribution in [0.2, 0.25) is 0 Å². The monoisotopic (exact) mass is 356 g/mol. The first-order chi connectivity index (χ1) is 12.1. The van der Waals surface area contributed by atoms with Gasteiger partial charge in [0.1, 0.15) is 5.82 Å². The van der Waals surface area contributed by atoms with Crippen molar-refractivity contribution in [2.24, 2.45) is 5.10 Å². The first-order valence-electron chi connectivity index (χ1n) is 7.56. The number of halogens is 1. The number of nitrogens with one attached hydrogen (secondary N) is 1. The molecule has 0 aliphatic heterocycles. The number of thioether (sulfide) groups is 1. The molecular formula is C17H17FN6S. The molecular weight excluding hydrogens is 339 g/mol. The van der Waals surface area contributed by atoms with Crippen LogP contribution >= 0.6 is 11.8 Å². The average Bonchev–Trinajstić information content (AvgIpc) is 2.95. The fourth-order valence-corrected chi connectivity index (χ4v) is 2.94. The van der Waals surface area contributed by atoms with Gasteiger partial charge in [0, 0.05) is 11.3 Å². The van der Waals surface area contributed by atoms with Crippen molar-refractivity contribution in [3.05, 3.63) is 71.0 Å². The van der Waals surface area contributed by atoms with Crippen molar-refractivity contribution in [1.82, 2.24) is 14.9 Å². The Labute approximate surface area is 148 Å². The fourth-order valence-electron chi connectivity index (χ4n) is 2.14. The van der Waals surface area contributed by atoms with Crippen LogP contribution < -0.4 is 11.3 Å². The van der Waals surface area contributed by atoms with Crippen LogP contribution in [0.3, 0.4) is 0 Å². The number of nitrogen functional groups attached to an aromatic ring is 1. The third-order valence-electron chi connectivity index (χ3n) is 3.39. The van der Waals surface area contributed by atoms with Crippen molar-refractivity contribution < 1.29 is 4.39 Å². The smallest absolute Gasteiger partial charge is 0.264 e. The van der Waals surface area contributed by atoms with Gasteiger partial charge in [-0.25, -0.2) is 14.5 Å². The van der Waals surface area contributed by atoms with Crippen LogP contribution in [0, 0.1) is 12.7 Å². The second-order valence-electron chi connectivity index (χ2n) is 5.35. The molecule has 1 aromatic heterocycles. The maximum Gasteiger partial charge on any atom is 0.264 e. The van der Waals surface area contributed by atoms with Gasteiger partial charge in [-0.2, -0.15) is 5.10 Å². The Kier molecular flexibility index (Phi) is 5.30. The number of anilines is 1. The predicted octanol–water partition coefficient (Wildman–Crippen LogP) is 3.18. The van der Waals surface area contributed by atoms with Gasteiger partial charge in [-0.05, 0) is 18.6 Å². The zero-order valence-electron chi connectivity index (χ0n) is 13.6. The Morgan fingerprint density at radius 3 is 2.88 bits per heavy atom. The molecule has 128 valence electrons. The molecule has 25 heavy (non-hydrogen) atoms. The van der Waals surface area contributed by atoms with E-state index in [0.29, 0.717) is 10.7 Å². The van der Waals surface area contributed by atoms with E-state index in [-0.39, 0.29) is 11.8 Å². The summed E-state index contributed by atoms with van der Waals surface area (Å²) in [5.41, 5.74) is 5.42. The maximum absolute atomic E-state index is 13.5. The lowest BCUT2D eigenvalue weighted by molar-refractivity contribution is 0.626. The summed E-state index contributed by atoms with van der Waals surface area (Å²) in [6.07, 6.45) is 1.36. The van der Waals surface area contributed by atoms with Gasteiger partial charge >= 0.3 is 0 Å². The lowest BCUT2D eigenvalue weighted by Gasteiger charge is -2.04. The van der Waals surface area contributed by atoms with E-state index in [1.807, 2.05) is 6.07 Å². The Morgan fingerprint density at radius 1 is 1.24 bits per heavy atom. The van der Waals surface area contributed by atoms with Gasteiger partial charge in [0.05, 0.1) is 6.21 Å². The molecule has 0 aliphatic rings. The first kappa shape index (κ1) is 17.0. The van der Waals surface area contributed by atoms with Crippen molar-refractivity contribution in [1.29, 1.82) is 0 Å². The summed E-state index contributed by atoms with van der Waals surface area (Å²) in [6, 6.07) is 14.6. The van der Waals surface area contributed by atoms with Crippen molar-refractivity contribution in [2.45, 2.75) is 17.8 Å². The van der Waals surface area contributed by atoms with Crippen molar-refractivity contribution in [3.8, 4) is 0 Å². The van der Waals surface area contributed by atoms with Gasteiger partial charge in [0.15, 0.2) is 0 Å². The number of benzene rings is 2. The minimum absolute atomic E-state index is 0.277. The van der Waals surface area contributed by atoms with Crippen LogP contribution in [0.25, 0.3) is 0 Å². The highest BCUT2D eigenvalue weighted by molar-refractivity contribution is 7.98. The molecule has 0 bridgehead atoms. The lowest BCUT2D eigenvalue weighted by Crippen LogP contribution is -2.13. The largest absolute Gasteiger partial charge is 0.334 e. The van der Waals surface area contributed by atoms with Crippen LogP contribution in [0.1, 0.15) is 16.7 Å². The fraction of sp³-hybridized carbons (Fsp3) is 0.118. The van der Waals surface area contributed by atoms with Gasteiger partial charge in [-0.15, -0.1) is 10.2 Å². The second kappa shape index (κ2) is 7.80. The van der Waals surface area contributed by atoms with Gasteiger partial charge in [-0.3, -0.25) is 0 Å². The van der Waals surface area contributed by atoms with Crippen molar-refractivity contribution in [2.75, 3.05) is 11.3 Å². The number of hydrogen-bond donors (Lipinski definition) is 2. The molecule has 0 saturated heterocycles. The van der Waals surface area contributed by atoms with E-state index in [1.165, 1.54) is 39.8 Å². The average molecular weight is 356 g/mol. The Hall–Kier alpha value is -2.87. The maximum atomic E-state index is 13.5. The summed E-state index contributed by atoms with van der Waals surface area (Å²) in [5.74, 6) is 6.63. The van der Waals surface area contributed by atoms with E-state index in [9.17, 15) is 4.39 Å². The minimum atomic E-state index is -0.350. The summed E-state index contributed by atoms with van der Waals surface area (Å²) in [5, 5.41) is 12.5. The zero-order chi connectivity index (χ0) is 17.6. The summed E-state index contributed by atoms with van der Waals surface area (Å²) < 4.78 is 14.8. The molecule has 0 spiro atoms. The van der Waals surface area contributed by atoms with Gasteiger partial charge < -0.3 is 5.84 Å². The van der Waals surface area contributed by atoms with E-state index >= 15 is 0 Å². The zero-order valence-corrected chi connectivity index (χ0v) is 14.4. The molecule has 0 saturated carbocycles. The SMILES string of the molecule is Cc1cccc(CSc2nnc(N/N=C/c3ccccc3F)n2N)c1. The minimum Gasteiger partial charge on any atom is -0.334 e. The van der Waals surface area contributed by atoms with E-state index in [0.717, 1.165) is 5.75 Å². The van der Waals surface area contributed by atoms with Crippen LogP contribution in [-0.4, -0.2) is 21.1 Å². The number of nitrogens with two attached hydrogens (primary N) is 1. The molecule has 1 heterocycles. The Balaban J connectivity index is 1.62. The van der Waals surface area contributed by atoms with Crippen molar-refractivity contribution in [3.63, 3.8) is 0 Å². The van der Waals surface area contributed by atoms with E-state index in [1.54, 1.807) is 18.2 Å². The van der Waals surface area contributed by atoms with Crippen LogP contribution in [0.5, 0.6) is 0 Å². The van der Waals surface area contributed by atoms with E-state index in [2.05, 4.69) is 45.8 Å². The molecule has 0 fully saturated rings. The topological polar surface area (TPSA) is 81.1 Å². The highest BCUT2D eigenvalue weighted by Gasteiger charge is 2.09. The summed E-state index contributed by atoms with van der Waals surface area (Å²) >= 11 is 1.47. The quantitative estimate of drug-likeness (QED) is 0.307. The third kappa shape index (κ3) is 4.36. The number of hydrogen-bond acceptors (Lipinski definition) is 6. The van der Waals surface area contributed by atoms with Crippen LogP contribution in [-0.2, 0) is 5.75 Å². The normalized spacial score (nSPS) is 11.1. The van der Waals surface area contributed by atoms with E-state index in [4.69, 9.17) is 5.84 Å². The molecule has 6 nitrogen and oxygen atoms in total. The van der Waals surface area contributed by atoms with Gasteiger partial charge in [0.2, 0.25) is 5.16 Å². The molecule has 3 aromatic rings. The molecule has 0 atom stereocenters. The standard InChI is InChI=1S/C17H17FN6S/c1-12-5-4-6-13(9-12)11-25-17-23-22-16(24(17)19)21-20-10-14-7-2-3-8-15(14)18/h2-10H,11,19H2,1H3,(H,21,22)/b20-10+. The molecule has 2 aromatic carbocycles. The first-order valence-corrected chi connectivity index (χ1v) is 8.54. The number of hydrazone groups is 1. The summed E-state index contributed by atoms with van der Waals surface area (Å²) in [7, 11) is 0. The molecule has 0 unspecified atom stereocenters. The highest BCUT2D eigenvalue weighted by Crippen LogP contribution is 2.22. The van der Waals surface area contributed by atoms with E-state index < -0.39 is 0 Å². The molecule has 0 amide bonds. The third-order valence-corrected chi connectivity index (χ3v) is 4.40. The number of aryl methyl sites for hydroxylation is 1.